The lowest BCUT2D eigenvalue weighted by molar-refractivity contribution is 0.399. The molecule has 0 fully saturated rings. The van der Waals surface area contributed by atoms with Crippen LogP contribution >= 0.6 is 0 Å². The Kier molecular flexibility index (Phi) is 5.95. The molecule has 0 saturated carbocycles. The molecule has 0 aliphatic rings. The summed E-state index contributed by atoms with van der Waals surface area (Å²) >= 11 is 0. The zero-order valence-corrected chi connectivity index (χ0v) is 9.03. The van der Waals surface area contributed by atoms with Crippen molar-refractivity contribution in [3.05, 3.63) is 24.0 Å². The Morgan fingerprint density at radius 2 is 1.57 bits per heavy atom. The second-order valence-electron chi connectivity index (χ2n) is 3.29. The van der Waals surface area contributed by atoms with Crippen LogP contribution in [0.2, 0.25) is 0 Å². The molecule has 3 nitrogen and oxygen atoms in total. The van der Waals surface area contributed by atoms with Crippen molar-refractivity contribution in [3.8, 4) is 0 Å². The largest absolute Gasteiger partial charge is 0.400 e. The van der Waals surface area contributed by atoms with E-state index in [2.05, 4.69) is 23.8 Å². The molecule has 4 heteroatoms. The van der Waals surface area contributed by atoms with E-state index in [-0.39, 0.29) is 11.7 Å². The molecule has 1 aromatic rings. The SMILES string of the molecule is CC(C)C(C)c1ncc(F)cn1.CO. The number of rotatable bonds is 2. The van der Waals surface area contributed by atoms with Crippen molar-refractivity contribution in [2.24, 2.45) is 5.92 Å². The van der Waals surface area contributed by atoms with Gasteiger partial charge in [0.2, 0.25) is 0 Å². The average Bonchev–Trinajstić information content (AvgIpc) is 2.21. The maximum Gasteiger partial charge on any atom is 0.159 e. The van der Waals surface area contributed by atoms with E-state index in [1.54, 1.807) is 0 Å². The molecule has 0 aromatic carbocycles. The topological polar surface area (TPSA) is 46.0 Å². The zero-order valence-electron chi connectivity index (χ0n) is 9.03. The third kappa shape index (κ3) is 3.79. The van der Waals surface area contributed by atoms with Gasteiger partial charge in [0.05, 0.1) is 12.4 Å². The molecular weight excluding hydrogens is 183 g/mol. The fourth-order valence-corrected chi connectivity index (χ4v) is 0.856. The first-order chi connectivity index (χ1) is 6.61. The van der Waals surface area contributed by atoms with E-state index in [1.165, 1.54) is 12.4 Å². The number of nitrogens with zero attached hydrogens (tertiary/aromatic N) is 2. The van der Waals surface area contributed by atoms with Crippen LogP contribution in [-0.2, 0) is 0 Å². The smallest absolute Gasteiger partial charge is 0.159 e. The van der Waals surface area contributed by atoms with E-state index in [1.807, 2.05) is 6.92 Å². The summed E-state index contributed by atoms with van der Waals surface area (Å²) in [5.41, 5.74) is 0. The summed E-state index contributed by atoms with van der Waals surface area (Å²) in [4.78, 5) is 7.83. The minimum Gasteiger partial charge on any atom is -0.400 e. The number of aliphatic hydroxyl groups excluding tert-OH is 1. The molecule has 1 atom stereocenters. The van der Waals surface area contributed by atoms with Gasteiger partial charge in [-0.15, -0.1) is 0 Å². The Balaban J connectivity index is 0.000000791. The molecule has 1 rings (SSSR count). The number of aromatic nitrogens is 2. The molecule has 0 spiro atoms. The molecule has 1 N–H and O–H groups in total. The highest BCUT2D eigenvalue weighted by molar-refractivity contribution is 4.97. The van der Waals surface area contributed by atoms with Gasteiger partial charge < -0.3 is 5.11 Å². The quantitative estimate of drug-likeness (QED) is 0.794. The first-order valence-corrected chi connectivity index (χ1v) is 4.53. The minimum atomic E-state index is -0.380. The Hall–Kier alpha value is -1.03. The molecular formula is C10H17FN2O. The first kappa shape index (κ1) is 13.0. The lowest BCUT2D eigenvalue weighted by atomic mass is 9.97. The molecule has 1 aromatic heterocycles. The van der Waals surface area contributed by atoms with Crippen LogP contribution in [-0.4, -0.2) is 22.2 Å². The second-order valence-corrected chi connectivity index (χ2v) is 3.29. The van der Waals surface area contributed by atoms with Gasteiger partial charge in [-0.3, -0.25) is 0 Å². The summed E-state index contributed by atoms with van der Waals surface area (Å²) in [6.45, 7) is 6.23. The molecule has 0 radical (unpaired) electrons. The monoisotopic (exact) mass is 200 g/mol. The summed E-state index contributed by atoms with van der Waals surface area (Å²) in [6.07, 6.45) is 2.42. The number of hydrogen-bond acceptors (Lipinski definition) is 3. The lowest BCUT2D eigenvalue weighted by Gasteiger charge is -2.12. The Morgan fingerprint density at radius 1 is 1.14 bits per heavy atom. The highest BCUT2D eigenvalue weighted by Crippen LogP contribution is 2.19. The van der Waals surface area contributed by atoms with Crippen molar-refractivity contribution in [3.63, 3.8) is 0 Å². The maximum absolute atomic E-state index is 12.4. The predicted octanol–water partition coefficient (Wildman–Crippen LogP) is 1.98. The van der Waals surface area contributed by atoms with Crippen molar-refractivity contribution < 1.29 is 9.50 Å². The van der Waals surface area contributed by atoms with Crippen LogP contribution in [0.4, 0.5) is 4.39 Å². The van der Waals surface area contributed by atoms with Gasteiger partial charge in [0.1, 0.15) is 5.82 Å². The molecule has 0 aliphatic carbocycles. The van der Waals surface area contributed by atoms with Crippen LogP contribution in [0.25, 0.3) is 0 Å². The molecule has 80 valence electrons. The van der Waals surface area contributed by atoms with Crippen molar-refractivity contribution >= 4 is 0 Å². The van der Waals surface area contributed by atoms with Gasteiger partial charge in [0, 0.05) is 13.0 Å². The summed E-state index contributed by atoms with van der Waals surface area (Å²) in [7, 11) is 1.00. The number of hydrogen-bond donors (Lipinski definition) is 1. The molecule has 0 bridgehead atoms. The Morgan fingerprint density at radius 3 is 1.93 bits per heavy atom. The third-order valence-electron chi connectivity index (χ3n) is 2.05. The standard InChI is InChI=1S/C9H13FN2.CH4O/c1-6(2)7(3)9-11-4-8(10)5-12-9;1-2/h4-7H,1-3H3;2H,1H3. The number of aliphatic hydroxyl groups is 1. The Bertz CT molecular complexity index is 249. The summed E-state index contributed by atoms with van der Waals surface area (Å²) < 4.78 is 12.4. The van der Waals surface area contributed by atoms with Crippen LogP contribution < -0.4 is 0 Å². The van der Waals surface area contributed by atoms with Gasteiger partial charge >= 0.3 is 0 Å². The third-order valence-corrected chi connectivity index (χ3v) is 2.05. The van der Waals surface area contributed by atoms with Gasteiger partial charge in [-0.05, 0) is 5.92 Å². The normalized spacial score (nSPS) is 11.9. The fraction of sp³-hybridized carbons (Fsp3) is 0.600. The molecule has 0 aliphatic heterocycles. The lowest BCUT2D eigenvalue weighted by Crippen LogP contribution is -2.06. The van der Waals surface area contributed by atoms with E-state index in [0.29, 0.717) is 11.7 Å². The van der Waals surface area contributed by atoms with Crippen LogP contribution in [0.15, 0.2) is 12.4 Å². The van der Waals surface area contributed by atoms with E-state index in [4.69, 9.17) is 5.11 Å². The summed E-state index contributed by atoms with van der Waals surface area (Å²) in [5, 5.41) is 7.00. The van der Waals surface area contributed by atoms with Crippen LogP contribution in [0.1, 0.15) is 32.5 Å². The molecule has 14 heavy (non-hydrogen) atoms. The van der Waals surface area contributed by atoms with Gasteiger partial charge in [-0.25, -0.2) is 14.4 Å². The maximum atomic E-state index is 12.4. The first-order valence-electron chi connectivity index (χ1n) is 4.53. The molecule has 1 heterocycles. The average molecular weight is 200 g/mol. The van der Waals surface area contributed by atoms with Gasteiger partial charge in [0.15, 0.2) is 5.82 Å². The van der Waals surface area contributed by atoms with Crippen LogP contribution in [0, 0.1) is 11.7 Å². The van der Waals surface area contributed by atoms with Crippen molar-refractivity contribution in [2.45, 2.75) is 26.7 Å². The summed E-state index contributed by atoms with van der Waals surface area (Å²) in [5.74, 6) is 1.10. The summed E-state index contributed by atoms with van der Waals surface area (Å²) in [6, 6.07) is 0. The van der Waals surface area contributed by atoms with Crippen LogP contribution in [0.5, 0.6) is 0 Å². The van der Waals surface area contributed by atoms with Crippen LogP contribution in [0.3, 0.4) is 0 Å². The van der Waals surface area contributed by atoms with Crippen molar-refractivity contribution in [1.29, 1.82) is 0 Å². The van der Waals surface area contributed by atoms with Crippen molar-refractivity contribution in [1.82, 2.24) is 9.97 Å². The van der Waals surface area contributed by atoms with Gasteiger partial charge in [-0.2, -0.15) is 0 Å². The number of halogens is 1. The minimum absolute atomic E-state index is 0.283. The van der Waals surface area contributed by atoms with Gasteiger partial charge in [0.25, 0.3) is 0 Å². The predicted molar refractivity (Wildman–Crippen MR) is 53.4 cm³/mol. The molecule has 0 saturated heterocycles. The van der Waals surface area contributed by atoms with E-state index < -0.39 is 0 Å². The zero-order chi connectivity index (χ0) is 11.1. The van der Waals surface area contributed by atoms with E-state index >= 15 is 0 Å². The van der Waals surface area contributed by atoms with E-state index in [0.717, 1.165) is 7.11 Å². The fourth-order valence-electron chi connectivity index (χ4n) is 0.856. The molecule has 1 unspecified atom stereocenters. The second kappa shape index (κ2) is 6.43. The van der Waals surface area contributed by atoms with Crippen molar-refractivity contribution in [2.75, 3.05) is 7.11 Å². The Labute approximate surface area is 84.0 Å². The highest BCUT2D eigenvalue weighted by Gasteiger charge is 2.12. The van der Waals surface area contributed by atoms with E-state index in [9.17, 15) is 4.39 Å². The highest BCUT2D eigenvalue weighted by atomic mass is 19.1. The molecule has 0 amide bonds. The van der Waals surface area contributed by atoms with Gasteiger partial charge in [-0.1, -0.05) is 20.8 Å².